The molecule has 1 atom stereocenters. The molecule has 0 aromatic heterocycles. The molecule has 1 radical (unpaired) electrons. The van der Waals surface area contributed by atoms with E-state index in [0.717, 1.165) is 0 Å². The fourth-order valence-corrected chi connectivity index (χ4v) is 2.94. The first-order chi connectivity index (χ1) is 8.52. The summed E-state index contributed by atoms with van der Waals surface area (Å²) in [6.45, 7) is -4.77. The van der Waals surface area contributed by atoms with Gasteiger partial charge in [-0.05, 0) is 17.7 Å². The zero-order valence-electron chi connectivity index (χ0n) is 9.33. The lowest BCUT2D eigenvalue weighted by Gasteiger charge is -2.32. The molecule has 0 aliphatic heterocycles. The van der Waals surface area contributed by atoms with Crippen LogP contribution in [0.4, 0.5) is 17.6 Å². The number of halogens is 6. The molecule has 0 spiro atoms. The van der Waals surface area contributed by atoms with Gasteiger partial charge in [0.25, 0.3) is 0 Å². The Morgan fingerprint density at radius 2 is 1.44 bits per heavy atom. The van der Waals surface area contributed by atoms with Gasteiger partial charge in [-0.15, -0.1) is 0 Å². The summed E-state index contributed by atoms with van der Waals surface area (Å²) >= 11 is 6.31. The summed E-state index contributed by atoms with van der Waals surface area (Å²) in [7, 11) is 0. The van der Waals surface area contributed by atoms with Crippen LogP contribution in [-0.4, -0.2) is 26.7 Å². The van der Waals surface area contributed by atoms with Crippen molar-refractivity contribution in [2.75, 3.05) is 26.7 Å². The van der Waals surface area contributed by atoms with Crippen LogP contribution in [0.5, 0.6) is 0 Å². The SMILES string of the molecule is FCC(c1cc(Br)[c]c(Br)c1)C(CF)(CF)CF. The first-order valence-corrected chi connectivity index (χ1v) is 6.73. The number of hydrogen-bond acceptors (Lipinski definition) is 0. The van der Waals surface area contributed by atoms with Crippen LogP contribution in [0.2, 0.25) is 0 Å². The fourth-order valence-electron chi connectivity index (χ4n) is 1.71. The molecule has 0 bridgehead atoms. The molecule has 0 saturated heterocycles. The molecular weight excluding hydrogens is 380 g/mol. The monoisotopic (exact) mass is 389 g/mol. The van der Waals surface area contributed by atoms with Crippen molar-refractivity contribution in [3.63, 3.8) is 0 Å². The third-order valence-corrected chi connectivity index (χ3v) is 3.77. The number of benzene rings is 1. The zero-order valence-corrected chi connectivity index (χ0v) is 12.5. The van der Waals surface area contributed by atoms with E-state index in [-0.39, 0.29) is 0 Å². The van der Waals surface area contributed by atoms with E-state index in [1.165, 1.54) is 12.1 Å². The molecule has 0 nitrogen and oxygen atoms in total. The molecule has 0 N–H and O–H groups in total. The van der Waals surface area contributed by atoms with Crippen molar-refractivity contribution in [3.05, 3.63) is 32.7 Å². The molecule has 6 heteroatoms. The van der Waals surface area contributed by atoms with E-state index in [0.29, 0.717) is 14.5 Å². The standard InChI is InChI=1S/C12H11Br2F4/c13-9-1-8(2-10(14)3-9)11(4-15)12(5-16,6-17)7-18/h1-2,11H,4-7H2. The summed E-state index contributed by atoms with van der Waals surface area (Å²) in [6, 6.07) is 5.81. The van der Waals surface area contributed by atoms with Crippen LogP contribution in [0.3, 0.4) is 0 Å². The van der Waals surface area contributed by atoms with E-state index in [4.69, 9.17) is 0 Å². The van der Waals surface area contributed by atoms with Crippen molar-refractivity contribution in [2.24, 2.45) is 5.41 Å². The van der Waals surface area contributed by atoms with Gasteiger partial charge in [0.2, 0.25) is 0 Å². The molecule has 0 saturated carbocycles. The molecule has 101 valence electrons. The maximum Gasteiger partial charge on any atom is 0.101 e. The molecule has 1 rings (SSSR count). The second-order valence-electron chi connectivity index (χ2n) is 4.08. The summed E-state index contributed by atoms with van der Waals surface area (Å²) < 4.78 is 53.0. The van der Waals surface area contributed by atoms with Crippen LogP contribution in [0, 0.1) is 11.5 Å². The van der Waals surface area contributed by atoms with Crippen LogP contribution in [0.1, 0.15) is 11.5 Å². The summed E-state index contributed by atoms with van der Waals surface area (Å²) in [5, 5.41) is 0. The highest BCUT2D eigenvalue weighted by molar-refractivity contribution is 9.11. The summed E-state index contributed by atoms with van der Waals surface area (Å²) in [5.74, 6) is -1.17. The Kier molecular flexibility index (Phi) is 6.11. The smallest absolute Gasteiger partial charge is 0.101 e. The van der Waals surface area contributed by atoms with Crippen LogP contribution in [0.25, 0.3) is 0 Å². The molecule has 18 heavy (non-hydrogen) atoms. The average Bonchev–Trinajstić information content (AvgIpc) is 2.35. The molecule has 0 fully saturated rings. The summed E-state index contributed by atoms with van der Waals surface area (Å²) in [4.78, 5) is 0. The number of hydrogen-bond donors (Lipinski definition) is 0. The number of alkyl halides is 4. The maximum absolute atomic E-state index is 13.1. The van der Waals surface area contributed by atoms with Gasteiger partial charge in [-0.1, -0.05) is 31.9 Å². The van der Waals surface area contributed by atoms with Gasteiger partial charge in [-0.3, -0.25) is 17.6 Å². The number of rotatable bonds is 6. The Hall–Kier alpha value is -0.100. The lowest BCUT2D eigenvalue weighted by atomic mass is 9.75. The Morgan fingerprint density at radius 3 is 1.78 bits per heavy atom. The topological polar surface area (TPSA) is 0 Å². The van der Waals surface area contributed by atoms with Crippen LogP contribution in [-0.2, 0) is 0 Å². The maximum atomic E-state index is 13.1. The van der Waals surface area contributed by atoms with Gasteiger partial charge in [0, 0.05) is 20.9 Å². The lowest BCUT2D eigenvalue weighted by Crippen LogP contribution is -2.37. The average molecular weight is 391 g/mol. The van der Waals surface area contributed by atoms with Crippen molar-refractivity contribution in [2.45, 2.75) is 5.92 Å². The Bertz CT molecular complexity index is 365. The van der Waals surface area contributed by atoms with E-state index in [1.54, 1.807) is 0 Å². The van der Waals surface area contributed by atoms with E-state index in [1.807, 2.05) is 0 Å². The minimum Gasteiger partial charge on any atom is -0.250 e. The normalized spacial score (nSPS) is 13.7. The second kappa shape index (κ2) is 6.89. The van der Waals surface area contributed by atoms with Gasteiger partial charge in [0.05, 0.1) is 12.1 Å². The highest BCUT2D eigenvalue weighted by Gasteiger charge is 2.41. The predicted molar refractivity (Wildman–Crippen MR) is 69.8 cm³/mol. The summed E-state index contributed by atoms with van der Waals surface area (Å²) in [5.41, 5.74) is -1.61. The van der Waals surface area contributed by atoms with Crippen molar-refractivity contribution in [1.82, 2.24) is 0 Å². The first kappa shape index (κ1) is 16.0. The Balaban J connectivity index is 3.22. The van der Waals surface area contributed by atoms with Crippen molar-refractivity contribution < 1.29 is 17.6 Å². The van der Waals surface area contributed by atoms with E-state index in [9.17, 15) is 17.6 Å². The highest BCUT2D eigenvalue weighted by Crippen LogP contribution is 2.40. The Labute approximate surface area is 120 Å². The predicted octanol–water partition coefficient (Wildman–Crippen LogP) is 4.96. The molecule has 1 aromatic rings. The lowest BCUT2D eigenvalue weighted by molar-refractivity contribution is 0.0690. The fraction of sp³-hybridized carbons (Fsp3) is 0.500. The van der Waals surface area contributed by atoms with Crippen molar-refractivity contribution in [1.29, 1.82) is 0 Å². The van der Waals surface area contributed by atoms with Crippen molar-refractivity contribution >= 4 is 31.9 Å². The quantitative estimate of drug-likeness (QED) is 0.602. The molecule has 0 aliphatic carbocycles. The minimum atomic E-state index is -1.95. The van der Waals surface area contributed by atoms with Gasteiger partial charge in [-0.2, -0.15) is 0 Å². The largest absolute Gasteiger partial charge is 0.250 e. The highest BCUT2D eigenvalue weighted by atomic mass is 79.9. The Morgan fingerprint density at radius 1 is 1.00 bits per heavy atom. The van der Waals surface area contributed by atoms with E-state index < -0.39 is 38.0 Å². The molecule has 0 amide bonds. The molecule has 0 aliphatic rings. The van der Waals surface area contributed by atoms with Crippen LogP contribution in [0.15, 0.2) is 21.1 Å². The van der Waals surface area contributed by atoms with E-state index >= 15 is 0 Å². The second-order valence-corrected chi connectivity index (χ2v) is 5.79. The molecule has 1 unspecified atom stereocenters. The van der Waals surface area contributed by atoms with Crippen LogP contribution < -0.4 is 0 Å². The minimum absolute atomic E-state index is 0.336. The first-order valence-electron chi connectivity index (χ1n) is 5.15. The van der Waals surface area contributed by atoms with Gasteiger partial charge in [-0.25, -0.2) is 0 Å². The van der Waals surface area contributed by atoms with Gasteiger partial charge < -0.3 is 0 Å². The van der Waals surface area contributed by atoms with Crippen molar-refractivity contribution in [3.8, 4) is 0 Å². The summed E-state index contributed by atoms with van der Waals surface area (Å²) in [6.07, 6.45) is 0. The molecule has 1 aromatic carbocycles. The molecule has 0 heterocycles. The van der Waals surface area contributed by atoms with Gasteiger partial charge in [0.15, 0.2) is 0 Å². The van der Waals surface area contributed by atoms with Gasteiger partial charge in [0.1, 0.15) is 20.0 Å². The molecular formula is C12H11Br2F4. The van der Waals surface area contributed by atoms with Gasteiger partial charge >= 0.3 is 0 Å². The third kappa shape index (κ3) is 3.26. The third-order valence-electron chi connectivity index (χ3n) is 2.92. The zero-order chi connectivity index (χ0) is 13.8. The van der Waals surface area contributed by atoms with E-state index in [2.05, 4.69) is 37.9 Å². The van der Waals surface area contributed by atoms with Crippen LogP contribution >= 0.6 is 31.9 Å².